The molecule has 24 nitrogen and oxygen atoms in total. The second kappa shape index (κ2) is 27.7. The van der Waals surface area contributed by atoms with Crippen LogP contribution in [0.1, 0.15) is 51.9 Å². The van der Waals surface area contributed by atoms with Gasteiger partial charge in [0, 0.05) is 65.7 Å². The Hall–Kier alpha value is -7.54. The van der Waals surface area contributed by atoms with E-state index in [0.29, 0.717) is 61.9 Å². The molecule has 1 spiro atoms. The summed E-state index contributed by atoms with van der Waals surface area (Å²) in [6.07, 6.45) is 0.433. The van der Waals surface area contributed by atoms with Crippen LogP contribution in [0.5, 0.6) is 28.7 Å². The van der Waals surface area contributed by atoms with Crippen LogP contribution in [0.3, 0.4) is 0 Å². The van der Waals surface area contributed by atoms with Crippen LogP contribution in [-0.2, 0) is 54.8 Å². The number of aliphatic hydroxyl groups excluding tert-OH is 4. The fourth-order valence-electron chi connectivity index (χ4n) is 8.69. The van der Waals surface area contributed by atoms with Crippen LogP contribution in [0.2, 0.25) is 0 Å². The van der Waals surface area contributed by atoms with Gasteiger partial charge in [-0.2, -0.15) is 0 Å². The van der Waals surface area contributed by atoms with E-state index in [9.17, 15) is 49.8 Å². The van der Waals surface area contributed by atoms with Crippen molar-refractivity contribution in [1.82, 2.24) is 15.6 Å². The third kappa shape index (κ3) is 14.9. The SMILES string of the molecule is C#CCCC(=O)N[C@@H](C/C(N)=C/N(N)CCOCCOCCOCCOc1ccc(CCO[C@@H]2O[C@H](CO)[C@@H](O)[C@H](O)[C@H]2O)cc1)C(=O)NCC(=O)Nc1ccc2c(c1)C(=O)OC21c2ccc(O)cc2Oc2cc(O)ccc21. The predicted octanol–water partition coefficient (Wildman–Crippen LogP) is 0.472. The number of carbonyl (C=O) groups excluding carboxylic acids is 4. The number of rotatable bonds is 28. The molecule has 4 aromatic rings. The van der Waals surface area contributed by atoms with Crippen LogP contribution in [0.4, 0.5) is 5.69 Å². The van der Waals surface area contributed by atoms with E-state index in [1.54, 1.807) is 36.4 Å². The lowest BCUT2D eigenvalue weighted by molar-refractivity contribution is -0.300. The Morgan fingerprint density at radius 1 is 0.808 bits per heavy atom. The Balaban J connectivity index is 0.777. The second-order valence-corrected chi connectivity index (χ2v) is 18.2. The summed E-state index contributed by atoms with van der Waals surface area (Å²) in [5, 5.41) is 68.7. The van der Waals surface area contributed by atoms with E-state index >= 15 is 0 Å². The van der Waals surface area contributed by atoms with Crippen molar-refractivity contribution in [2.24, 2.45) is 11.6 Å². The van der Waals surface area contributed by atoms with Crippen LogP contribution in [0, 0.1) is 12.3 Å². The molecule has 24 heteroatoms. The van der Waals surface area contributed by atoms with Crippen molar-refractivity contribution in [1.29, 1.82) is 0 Å². The molecule has 4 aromatic carbocycles. The smallest absolute Gasteiger partial charge is 0.340 e. The minimum atomic E-state index is -1.50. The highest BCUT2D eigenvalue weighted by Crippen LogP contribution is 2.57. The highest BCUT2D eigenvalue weighted by atomic mass is 16.7. The number of amides is 3. The summed E-state index contributed by atoms with van der Waals surface area (Å²) in [4.78, 5) is 52.8. The van der Waals surface area contributed by atoms with Gasteiger partial charge in [-0.15, -0.1) is 12.3 Å². The molecular formula is C54H64N6O18. The van der Waals surface area contributed by atoms with Crippen LogP contribution >= 0.6 is 0 Å². The number of fused-ring (bicyclic) bond motifs is 6. The standard InChI is InChI=1S/C54H64N6O18/c1-2-3-4-46(64)59-42(51(69)57-29-47(65)58-34-7-12-39-38(26-34)52(70)78-54(39)40-13-8-35(62)27-43(40)76-44-28-36(63)9-14-41(44)54)25-33(55)30-60(56)16-18-71-19-20-72-21-22-73-23-24-74-37-10-5-32(6-11-37)15-17-75-53-50(68)49(67)48(66)45(31-61)77-53/h1,5-14,26-28,30,42,45,48-50,53,61-63,66-68H,3-4,15-25,29,31,55-56H2,(H,57,69)(H,58,65)(H,59,64)/b33-30-/t42-,45+,48+,49-,50+,53+/m0/s1. The van der Waals surface area contributed by atoms with Crippen molar-refractivity contribution in [2.75, 3.05) is 77.9 Å². The van der Waals surface area contributed by atoms with Crippen molar-refractivity contribution in [3.63, 3.8) is 0 Å². The summed E-state index contributed by atoms with van der Waals surface area (Å²) in [7, 11) is 0. The Labute approximate surface area is 448 Å². The van der Waals surface area contributed by atoms with Crippen molar-refractivity contribution in [3.8, 4) is 41.1 Å². The number of hydrogen-bond donors (Lipinski definition) is 11. The number of carbonyl (C=O) groups is 4. The maximum Gasteiger partial charge on any atom is 0.340 e. The molecule has 0 unspecified atom stereocenters. The summed E-state index contributed by atoms with van der Waals surface area (Å²) in [5.74, 6) is 6.75. The predicted molar refractivity (Wildman–Crippen MR) is 275 cm³/mol. The third-order valence-corrected chi connectivity index (χ3v) is 12.6. The Morgan fingerprint density at radius 3 is 2.10 bits per heavy atom. The molecule has 0 aromatic heterocycles. The van der Waals surface area contributed by atoms with Crippen LogP contribution < -0.4 is 37.0 Å². The first-order valence-corrected chi connectivity index (χ1v) is 25.0. The summed E-state index contributed by atoms with van der Waals surface area (Å²) >= 11 is 0. The topological polar surface area (TPSA) is 355 Å². The monoisotopic (exact) mass is 1080 g/mol. The zero-order chi connectivity index (χ0) is 55.8. The average molecular weight is 1090 g/mol. The largest absolute Gasteiger partial charge is 0.508 e. The fourth-order valence-corrected chi connectivity index (χ4v) is 8.69. The van der Waals surface area contributed by atoms with Crippen molar-refractivity contribution < 1.29 is 87.7 Å². The van der Waals surface area contributed by atoms with Gasteiger partial charge in [-0.1, -0.05) is 18.2 Å². The van der Waals surface area contributed by atoms with Gasteiger partial charge in [0.1, 0.15) is 65.8 Å². The van der Waals surface area contributed by atoms with Gasteiger partial charge in [0.15, 0.2) is 11.9 Å². The van der Waals surface area contributed by atoms with Crippen LogP contribution in [0.15, 0.2) is 90.8 Å². The number of phenolic OH excluding ortho intramolecular Hbond substituents is 2. The molecular weight excluding hydrogens is 1020 g/mol. The highest BCUT2D eigenvalue weighted by molar-refractivity contribution is 6.01. The zero-order valence-electron chi connectivity index (χ0n) is 42.4. The van der Waals surface area contributed by atoms with Gasteiger partial charge in [-0.3, -0.25) is 14.4 Å². The number of anilines is 1. The molecule has 0 aliphatic carbocycles. The molecule has 1 saturated heterocycles. The highest BCUT2D eigenvalue weighted by Gasteiger charge is 2.54. The molecule has 78 heavy (non-hydrogen) atoms. The lowest BCUT2D eigenvalue weighted by Gasteiger charge is -2.39. The number of hydrogen-bond acceptors (Lipinski definition) is 21. The van der Waals surface area contributed by atoms with Crippen LogP contribution in [0.25, 0.3) is 0 Å². The fraction of sp³-hybridized carbons (Fsp3) is 0.407. The van der Waals surface area contributed by atoms with E-state index in [0.717, 1.165) is 5.56 Å². The number of nitrogens with two attached hydrogens (primary N) is 2. The Morgan fingerprint density at radius 2 is 1.45 bits per heavy atom. The quantitative estimate of drug-likeness (QED) is 0.0121. The van der Waals surface area contributed by atoms with Crippen molar-refractivity contribution >= 4 is 29.4 Å². The second-order valence-electron chi connectivity index (χ2n) is 18.2. The first kappa shape index (κ1) is 58.1. The minimum Gasteiger partial charge on any atom is -0.508 e. The number of hydrazine groups is 1. The number of nitrogens with zero attached hydrogens (tertiary/aromatic N) is 1. The van der Waals surface area contributed by atoms with Crippen LogP contribution in [-0.4, -0.2) is 169 Å². The van der Waals surface area contributed by atoms with Gasteiger partial charge >= 0.3 is 5.97 Å². The molecule has 3 heterocycles. The van der Waals surface area contributed by atoms with Crippen molar-refractivity contribution in [3.05, 3.63) is 119 Å². The number of esters is 1. The number of ether oxygens (including phenoxy) is 8. The summed E-state index contributed by atoms with van der Waals surface area (Å²) in [6.45, 7) is 1.36. The Kier molecular flexibility index (Phi) is 20.6. The number of benzene rings is 4. The first-order valence-electron chi connectivity index (χ1n) is 25.0. The van der Waals surface area contributed by atoms with Gasteiger partial charge in [0.2, 0.25) is 17.7 Å². The number of aliphatic hydroxyl groups is 4. The van der Waals surface area contributed by atoms with E-state index in [1.807, 2.05) is 12.1 Å². The number of aromatic hydroxyl groups is 2. The van der Waals surface area contributed by atoms with Gasteiger partial charge in [-0.25, -0.2) is 10.6 Å². The molecule has 1 fully saturated rings. The lowest BCUT2D eigenvalue weighted by atomic mass is 9.77. The van der Waals surface area contributed by atoms with Crippen molar-refractivity contribution in [2.45, 2.75) is 68.0 Å². The molecule has 3 aliphatic heterocycles. The molecule has 0 saturated carbocycles. The number of phenols is 2. The number of nitrogens with one attached hydrogen (secondary N) is 3. The van der Waals surface area contributed by atoms with E-state index in [1.165, 1.54) is 41.5 Å². The van der Waals surface area contributed by atoms with Gasteiger partial charge < -0.3 is 95.2 Å². The van der Waals surface area contributed by atoms with E-state index in [2.05, 4.69) is 21.9 Å². The van der Waals surface area contributed by atoms with E-state index < -0.39 is 79.2 Å². The molecule has 3 aliphatic rings. The molecule has 418 valence electrons. The molecule has 13 N–H and O–H groups in total. The number of terminal acetylenes is 1. The van der Waals surface area contributed by atoms with Gasteiger partial charge in [0.05, 0.1) is 71.5 Å². The molecule has 0 radical (unpaired) electrons. The normalized spacial score (nSPS) is 19.3. The molecule has 6 atom stereocenters. The first-order chi connectivity index (χ1) is 37.6. The zero-order valence-corrected chi connectivity index (χ0v) is 42.4. The van der Waals surface area contributed by atoms with Gasteiger partial charge in [-0.05, 0) is 60.5 Å². The van der Waals surface area contributed by atoms with E-state index in [4.69, 9.17) is 55.9 Å². The molecule has 0 bridgehead atoms. The minimum absolute atomic E-state index is 0.0614. The van der Waals surface area contributed by atoms with Gasteiger partial charge in [0.25, 0.3) is 0 Å². The Bertz CT molecular complexity index is 2740. The maximum absolute atomic E-state index is 13.5. The summed E-state index contributed by atoms with van der Waals surface area (Å²) in [6, 6.07) is 19.5. The third-order valence-electron chi connectivity index (χ3n) is 12.6. The summed E-state index contributed by atoms with van der Waals surface area (Å²) < 4.78 is 45.4. The van der Waals surface area contributed by atoms with E-state index in [-0.39, 0.29) is 85.6 Å². The summed E-state index contributed by atoms with van der Waals surface area (Å²) in [5.41, 5.74) is 7.44. The molecule has 3 amide bonds. The maximum atomic E-state index is 13.5. The average Bonchev–Trinajstić information content (AvgIpc) is 3.76. The molecule has 7 rings (SSSR count). The lowest BCUT2D eigenvalue weighted by Crippen LogP contribution is -2.59.